The number of nitrogens with one attached hydrogen (secondary N) is 1. The molecule has 19 heavy (non-hydrogen) atoms. The topological polar surface area (TPSA) is 55.1 Å². The van der Waals surface area contributed by atoms with E-state index in [4.69, 9.17) is 5.73 Å². The molecule has 0 aromatic carbocycles. The van der Waals surface area contributed by atoms with E-state index in [-0.39, 0.29) is 5.41 Å². The first-order valence-electron chi connectivity index (χ1n) is 8.08. The van der Waals surface area contributed by atoms with Gasteiger partial charge in [0, 0.05) is 11.5 Å². The number of hydrogen-bond acceptors (Lipinski definition) is 2. The molecule has 0 aliphatic heterocycles. The molecule has 0 radical (unpaired) electrons. The molecular weight excluding hydrogens is 236 g/mol. The van der Waals surface area contributed by atoms with Gasteiger partial charge in [-0.05, 0) is 50.5 Å². The number of carbonyl (C=O) groups is 1. The summed E-state index contributed by atoms with van der Waals surface area (Å²) in [5.74, 6) is 1.42. The van der Waals surface area contributed by atoms with Crippen LogP contribution in [0.2, 0.25) is 0 Å². The number of rotatable bonds is 5. The van der Waals surface area contributed by atoms with Crippen LogP contribution in [0.15, 0.2) is 0 Å². The van der Waals surface area contributed by atoms with Crippen molar-refractivity contribution in [3.8, 4) is 0 Å². The second kappa shape index (κ2) is 6.25. The second-order valence-electron chi connectivity index (χ2n) is 7.09. The molecule has 2 aliphatic rings. The first-order chi connectivity index (χ1) is 9.07. The molecule has 2 fully saturated rings. The molecule has 2 aliphatic carbocycles. The Hall–Kier alpha value is -0.570. The highest BCUT2D eigenvalue weighted by molar-refractivity contribution is 5.83. The molecule has 0 aromatic heterocycles. The Balaban J connectivity index is 1.99. The zero-order valence-electron chi connectivity index (χ0n) is 12.6. The fourth-order valence-corrected chi connectivity index (χ4v) is 4.19. The van der Waals surface area contributed by atoms with Crippen LogP contribution in [0.4, 0.5) is 0 Å². The molecule has 1 amide bonds. The first kappa shape index (κ1) is 14.8. The normalized spacial score (nSPS) is 29.9. The fraction of sp³-hybridized carbons (Fsp3) is 0.938. The molecule has 3 heteroatoms. The minimum absolute atomic E-state index is 0.0735. The van der Waals surface area contributed by atoms with Crippen LogP contribution in [-0.2, 0) is 4.79 Å². The van der Waals surface area contributed by atoms with Crippen LogP contribution in [-0.4, -0.2) is 18.5 Å². The number of carbonyl (C=O) groups excluding carboxylic acids is 1. The smallest absolute Gasteiger partial charge is 0.226 e. The van der Waals surface area contributed by atoms with Crippen molar-refractivity contribution < 1.29 is 4.79 Å². The van der Waals surface area contributed by atoms with Crippen molar-refractivity contribution in [3.05, 3.63) is 0 Å². The molecule has 0 heterocycles. The molecule has 110 valence electrons. The summed E-state index contributed by atoms with van der Waals surface area (Å²) in [6.45, 7) is 5.17. The van der Waals surface area contributed by atoms with E-state index in [2.05, 4.69) is 19.2 Å². The van der Waals surface area contributed by atoms with E-state index in [1.165, 1.54) is 25.7 Å². The van der Waals surface area contributed by atoms with Crippen LogP contribution in [0, 0.1) is 17.3 Å². The third kappa shape index (κ3) is 3.31. The largest absolute Gasteiger partial charge is 0.353 e. The zero-order valence-corrected chi connectivity index (χ0v) is 12.6. The van der Waals surface area contributed by atoms with Gasteiger partial charge in [0.2, 0.25) is 5.91 Å². The SMILES string of the molecule is CC(C)CC1(C(=O)NC2CCCC2CN)CCCC1. The van der Waals surface area contributed by atoms with E-state index in [0.29, 0.717) is 30.3 Å². The monoisotopic (exact) mass is 266 g/mol. The summed E-state index contributed by atoms with van der Waals surface area (Å²) in [6.07, 6.45) is 9.14. The van der Waals surface area contributed by atoms with Gasteiger partial charge in [-0.2, -0.15) is 0 Å². The van der Waals surface area contributed by atoms with Crippen molar-refractivity contribution in [3.63, 3.8) is 0 Å². The van der Waals surface area contributed by atoms with Crippen LogP contribution >= 0.6 is 0 Å². The Morgan fingerprint density at radius 3 is 2.53 bits per heavy atom. The first-order valence-corrected chi connectivity index (χ1v) is 8.08. The van der Waals surface area contributed by atoms with Crippen LogP contribution in [0.25, 0.3) is 0 Å². The minimum atomic E-state index is -0.0735. The van der Waals surface area contributed by atoms with Crippen molar-refractivity contribution in [1.29, 1.82) is 0 Å². The van der Waals surface area contributed by atoms with E-state index in [9.17, 15) is 4.79 Å². The predicted octanol–water partition coefficient (Wildman–Crippen LogP) is 2.84. The van der Waals surface area contributed by atoms with Gasteiger partial charge in [0.25, 0.3) is 0 Å². The molecule has 0 bridgehead atoms. The van der Waals surface area contributed by atoms with Crippen LogP contribution in [0.1, 0.15) is 65.2 Å². The average molecular weight is 266 g/mol. The summed E-state index contributed by atoms with van der Waals surface area (Å²) in [5, 5.41) is 3.35. The Bertz CT molecular complexity index is 308. The summed E-state index contributed by atoms with van der Waals surface area (Å²) in [6, 6.07) is 0.335. The summed E-state index contributed by atoms with van der Waals surface area (Å²) in [5.41, 5.74) is 5.74. The summed E-state index contributed by atoms with van der Waals surface area (Å²) in [7, 11) is 0. The van der Waals surface area contributed by atoms with Gasteiger partial charge in [-0.3, -0.25) is 4.79 Å². The molecular formula is C16H30N2O. The lowest BCUT2D eigenvalue weighted by Crippen LogP contribution is -2.47. The van der Waals surface area contributed by atoms with Crippen LogP contribution in [0.3, 0.4) is 0 Å². The lowest BCUT2D eigenvalue weighted by Gasteiger charge is -2.32. The third-order valence-corrected chi connectivity index (χ3v) is 5.12. The maximum Gasteiger partial charge on any atom is 0.226 e. The summed E-state index contributed by atoms with van der Waals surface area (Å²) in [4.78, 5) is 12.8. The maximum absolute atomic E-state index is 12.8. The van der Waals surface area contributed by atoms with Crippen molar-refractivity contribution >= 4 is 5.91 Å². The van der Waals surface area contributed by atoms with Crippen LogP contribution < -0.4 is 11.1 Å². The highest BCUT2D eigenvalue weighted by atomic mass is 16.2. The van der Waals surface area contributed by atoms with Gasteiger partial charge < -0.3 is 11.1 Å². The molecule has 2 unspecified atom stereocenters. The summed E-state index contributed by atoms with van der Waals surface area (Å²) >= 11 is 0. The third-order valence-electron chi connectivity index (χ3n) is 5.12. The summed E-state index contributed by atoms with van der Waals surface area (Å²) < 4.78 is 0. The van der Waals surface area contributed by atoms with Crippen molar-refractivity contribution in [2.75, 3.05) is 6.54 Å². The van der Waals surface area contributed by atoms with Gasteiger partial charge in [-0.25, -0.2) is 0 Å². The lowest BCUT2D eigenvalue weighted by atomic mass is 9.77. The van der Waals surface area contributed by atoms with Crippen LogP contribution in [0.5, 0.6) is 0 Å². The standard InChI is InChI=1S/C16H30N2O/c1-12(2)10-16(8-3-4-9-16)15(19)18-14-7-5-6-13(14)11-17/h12-14H,3-11,17H2,1-2H3,(H,18,19). The minimum Gasteiger partial charge on any atom is -0.353 e. The highest BCUT2D eigenvalue weighted by Gasteiger charge is 2.42. The molecule has 0 saturated heterocycles. The Morgan fingerprint density at radius 2 is 1.95 bits per heavy atom. The molecule has 0 aromatic rings. The van der Waals surface area contributed by atoms with E-state index < -0.39 is 0 Å². The number of amides is 1. The van der Waals surface area contributed by atoms with Gasteiger partial charge in [-0.1, -0.05) is 33.1 Å². The quantitative estimate of drug-likeness (QED) is 0.804. The lowest BCUT2D eigenvalue weighted by molar-refractivity contribution is -0.132. The van der Waals surface area contributed by atoms with E-state index >= 15 is 0 Å². The Labute approximate surface area is 117 Å². The Morgan fingerprint density at radius 1 is 1.26 bits per heavy atom. The van der Waals surface area contributed by atoms with Gasteiger partial charge in [0.1, 0.15) is 0 Å². The van der Waals surface area contributed by atoms with Crippen molar-refractivity contribution in [1.82, 2.24) is 5.32 Å². The second-order valence-corrected chi connectivity index (χ2v) is 7.09. The average Bonchev–Trinajstić information content (AvgIpc) is 2.98. The Kier molecular flexibility index (Phi) is 4.88. The van der Waals surface area contributed by atoms with Crippen molar-refractivity contribution in [2.45, 2.75) is 71.3 Å². The fourth-order valence-electron chi connectivity index (χ4n) is 4.19. The zero-order chi connectivity index (χ0) is 13.9. The predicted molar refractivity (Wildman–Crippen MR) is 78.7 cm³/mol. The van der Waals surface area contributed by atoms with Gasteiger partial charge >= 0.3 is 0 Å². The molecule has 3 nitrogen and oxygen atoms in total. The molecule has 0 spiro atoms. The number of hydrogen-bond donors (Lipinski definition) is 2. The highest BCUT2D eigenvalue weighted by Crippen LogP contribution is 2.43. The van der Waals surface area contributed by atoms with Gasteiger partial charge in [-0.15, -0.1) is 0 Å². The van der Waals surface area contributed by atoms with E-state index in [0.717, 1.165) is 25.7 Å². The van der Waals surface area contributed by atoms with E-state index in [1.54, 1.807) is 0 Å². The number of nitrogens with two attached hydrogens (primary N) is 1. The van der Waals surface area contributed by atoms with E-state index in [1.807, 2.05) is 0 Å². The molecule has 3 N–H and O–H groups in total. The molecule has 2 rings (SSSR count). The van der Waals surface area contributed by atoms with Gasteiger partial charge in [0.05, 0.1) is 0 Å². The maximum atomic E-state index is 12.8. The molecule has 2 saturated carbocycles. The van der Waals surface area contributed by atoms with Gasteiger partial charge in [0.15, 0.2) is 0 Å². The molecule has 2 atom stereocenters. The van der Waals surface area contributed by atoms with Crippen molar-refractivity contribution in [2.24, 2.45) is 23.0 Å².